The van der Waals surface area contributed by atoms with Gasteiger partial charge in [0.2, 0.25) is 0 Å². The molecule has 0 heterocycles. The second kappa shape index (κ2) is 4.83. The first kappa shape index (κ1) is 12.3. The molecular weight excluding hydrogens is 250 g/mol. The first-order chi connectivity index (χ1) is 6.94. The molecule has 1 N–H and O–H groups in total. The molecule has 1 rings (SSSR count). The van der Waals surface area contributed by atoms with Crippen LogP contribution in [0.3, 0.4) is 0 Å². The molecule has 0 spiro atoms. The molecule has 1 unspecified atom stereocenters. The van der Waals surface area contributed by atoms with E-state index in [1.807, 2.05) is 26.0 Å². The maximum absolute atomic E-state index is 5.44. The van der Waals surface area contributed by atoms with Gasteiger partial charge in [0.05, 0.1) is 5.54 Å². The second-order valence-corrected chi connectivity index (χ2v) is 5.10. The fourth-order valence-electron chi connectivity index (χ4n) is 1.42. The van der Waals surface area contributed by atoms with Crippen LogP contribution < -0.4 is 5.32 Å². The Morgan fingerprint density at radius 2 is 1.87 bits per heavy atom. The number of hydrogen-bond acceptors (Lipinski definition) is 1. The van der Waals surface area contributed by atoms with Crippen molar-refractivity contribution in [3.8, 4) is 12.3 Å². The van der Waals surface area contributed by atoms with Gasteiger partial charge >= 0.3 is 0 Å². The van der Waals surface area contributed by atoms with Gasteiger partial charge in [-0.05, 0) is 38.5 Å². The van der Waals surface area contributed by atoms with Crippen molar-refractivity contribution in [3.05, 3.63) is 34.3 Å². The fraction of sp³-hybridized carbons (Fsp3) is 0.385. The lowest BCUT2D eigenvalue weighted by Gasteiger charge is -2.25. The van der Waals surface area contributed by atoms with Crippen LogP contribution in [0, 0.1) is 12.3 Å². The highest BCUT2D eigenvalue weighted by Crippen LogP contribution is 2.18. The van der Waals surface area contributed by atoms with Gasteiger partial charge in [-0.15, -0.1) is 6.42 Å². The van der Waals surface area contributed by atoms with Crippen molar-refractivity contribution >= 4 is 15.9 Å². The number of halogens is 1. The van der Waals surface area contributed by atoms with E-state index in [0.29, 0.717) is 0 Å². The van der Waals surface area contributed by atoms with E-state index in [1.165, 1.54) is 5.56 Å². The molecule has 0 amide bonds. The van der Waals surface area contributed by atoms with Crippen molar-refractivity contribution in [3.63, 3.8) is 0 Å². The van der Waals surface area contributed by atoms with Crippen molar-refractivity contribution in [2.24, 2.45) is 0 Å². The molecule has 0 aliphatic rings. The highest BCUT2D eigenvalue weighted by molar-refractivity contribution is 9.10. The van der Waals surface area contributed by atoms with Crippen molar-refractivity contribution in [1.82, 2.24) is 5.32 Å². The Hall–Kier alpha value is -0.780. The van der Waals surface area contributed by atoms with E-state index >= 15 is 0 Å². The van der Waals surface area contributed by atoms with Crippen molar-refractivity contribution in [2.75, 3.05) is 0 Å². The van der Waals surface area contributed by atoms with Gasteiger partial charge in [0.15, 0.2) is 0 Å². The third-order valence-electron chi connectivity index (χ3n) is 2.31. The topological polar surface area (TPSA) is 12.0 Å². The van der Waals surface area contributed by atoms with E-state index in [4.69, 9.17) is 6.42 Å². The van der Waals surface area contributed by atoms with E-state index in [2.05, 4.69) is 46.2 Å². The van der Waals surface area contributed by atoms with Crippen molar-refractivity contribution in [2.45, 2.75) is 32.4 Å². The number of nitrogens with one attached hydrogen (secondary N) is 1. The largest absolute Gasteiger partial charge is 0.295 e. The standard InChI is InChI=1S/C13H16BrN/c1-5-13(3,4)15-10(2)11-6-8-12(14)9-7-11/h1,6-10,15H,2-4H3. The summed E-state index contributed by atoms with van der Waals surface area (Å²) >= 11 is 3.42. The van der Waals surface area contributed by atoms with Gasteiger partial charge in [-0.2, -0.15) is 0 Å². The van der Waals surface area contributed by atoms with Crippen LogP contribution in [0.25, 0.3) is 0 Å². The zero-order chi connectivity index (χ0) is 11.5. The monoisotopic (exact) mass is 265 g/mol. The quantitative estimate of drug-likeness (QED) is 0.825. The van der Waals surface area contributed by atoms with E-state index < -0.39 is 0 Å². The number of hydrogen-bond donors (Lipinski definition) is 1. The fourth-order valence-corrected chi connectivity index (χ4v) is 1.68. The molecule has 2 heteroatoms. The van der Waals surface area contributed by atoms with Crippen LogP contribution in [-0.2, 0) is 0 Å². The minimum atomic E-state index is -0.271. The molecule has 0 radical (unpaired) electrons. The Kier molecular flexibility index (Phi) is 3.96. The average Bonchev–Trinajstić information content (AvgIpc) is 2.18. The lowest BCUT2D eigenvalue weighted by molar-refractivity contribution is 0.431. The number of rotatable bonds is 3. The lowest BCUT2D eigenvalue weighted by atomic mass is 10.0. The Morgan fingerprint density at radius 3 is 2.33 bits per heavy atom. The summed E-state index contributed by atoms with van der Waals surface area (Å²) in [6, 6.07) is 8.51. The van der Waals surface area contributed by atoms with Crippen LogP contribution >= 0.6 is 15.9 Å². The molecule has 0 aromatic heterocycles. The number of terminal acetylenes is 1. The molecular formula is C13H16BrN. The summed E-state index contributed by atoms with van der Waals surface area (Å²) in [6.45, 7) is 6.12. The molecule has 0 bridgehead atoms. The highest BCUT2D eigenvalue weighted by atomic mass is 79.9. The zero-order valence-electron chi connectivity index (χ0n) is 9.34. The predicted molar refractivity (Wildman–Crippen MR) is 68.6 cm³/mol. The van der Waals surface area contributed by atoms with Crippen LogP contribution in [0.5, 0.6) is 0 Å². The van der Waals surface area contributed by atoms with Gasteiger partial charge < -0.3 is 0 Å². The van der Waals surface area contributed by atoms with Crippen LogP contribution in [-0.4, -0.2) is 5.54 Å². The molecule has 1 atom stereocenters. The molecule has 1 aromatic carbocycles. The molecule has 1 aromatic rings. The van der Waals surface area contributed by atoms with Gasteiger partial charge in [-0.1, -0.05) is 34.0 Å². The molecule has 15 heavy (non-hydrogen) atoms. The summed E-state index contributed by atoms with van der Waals surface area (Å²) in [5.41, 5.74) is 0.966. The van der Waals surface area contributed by atoms with E-state index in [9.17, 15) is 0 Å². The molecule has 0 saturated carbocycles. The predicted octanol–water partition coefficient (Wildman–Crippen LogP) is 3.51. The Balaban J connectivity index is 2.74. The smallest absolute Gasteiger partial charge is 0.0745 e. The summed E-state index contributed by atoms with van der Waals surface area (Å²) in [5.74, 6) is 2.73. The van der Waals surface area contributed by atoms with E-state index in [0.717, 1.165) is 4.47 Å². The zero-order valence-corrected chi connectivity index (χ0v) is 10.9. The second-order valence-electron chi connectivity index (χ2n) is 4.19. The van der Waals surface area contributed by atoms with Crippen molar-refractivity contribution < 1.29 is 0 Å². The average molecular weight is 266 g/mol. The van der Waals surface area contributed by atoms with Gasteiger partial charge in [-0.25, -0.2) is 0 Å². The third kappa shape index (κ3) is 3.70. The third-order valence-corrected chi connectivity index (χ3v) is 2.84. The van der Waals surface area contributed by atoms with Crippen LogP contribution in [0.2, 0.25) is 0 Å². The maximum atomic E-state index is 5.44. The van der Waals surface area contributed by atoms with Gasteiger partial charge in [0.25, 0.3) is 0 Å². The van der Waals surface area contributed by atoms with Gasteiger partial charge in [0, 0.05) is 10.5 Å². The van der Waals surface area contributed by atoms with E-state index in [-0.39, 0.29) is 11.6 Å². The summed E-state index contributed by atoms with van der Waals surface area (Å²) in [5, 5.41) is 3.39. The summed E-state index contributed by atoms with van der Waals surface area (Å²) in [7, 11) is 0. The molecule has 0 fully saturated rings. The van der Waals surface area contributed by atoms with Crippen LogP contribution in [0.15, 0.2) is 28.7 Å². The van der Waals surface area contributed by atoms with Crippen LogP contribution in [0.1, 0.15) is 32.4 Å². The Bertz CT molecular complexity index is 359. The normalized spacial score (nSPS) is 13.3. The molecule has 0 aliphatic heterocycles. The first-order valence-corrected chi connectivity index (χ1v) is 5.75. The van der Waals surface area contributed by atoms with E-state index in [1.54, 1.807) is 0 Å². The molecule has 0 saturated heterocycles. The minimum absolute atomic E-state index is 0.254. The lowest BCUT2D eigenvalue weighted by Crippen LogP contribution is -2.39. The summed E-state index contributed by atoms with van der Waals surface area (Å²) in [6.07, 6.45) is 5.44. The molecule has 1 nitrogen and oxygen atoms in total. The van der Waals surface area contributed by atoms with Gasteiger partial charge in [-0.3, -0.25) is 5.32 Å². The summed E-state index contributed by atoms with van der Waals surface area (Å²) < 4.78 is 1.09. The molecule has 0 aliphatic carbocycles. The molecule has 80 valence electrons. The SMILES string of the molecule is C#CC(C)(C)NC(C)c1ccc(Br)cc1. The maximum Gasteiger partial charge on any atom is 0.0745 e. The Morgan fingerprint density at radius 1 is 1.33 bits per heavy atom. The highest BCUT2D eigenvalue weighted by Gasteiger charge is 2.17. The Labute approximate surface area is 100 Å². The number of benzene rings is 1. The first-order valence-electron chi connectivity index (χ1n) is 4.95. The van der Waals surface area contributed by atoms with Crippen LogP contribution in [0.4, 0.5) is 0 Å². The minimum Gasteiger partial charge on any atom is -0.295 e. The van der Waals surface area contributed by atoms with Gasteiger partial charge in [0.1, 0.15) is 0 Å². The van der Waals surface area contributed by atoms with Crippen molar-refractivity contribution in [1.29, 1.82) is 0 Å². The summed E-state index contributed by atoms with van der Waals surface area (Å²) in [4.78, 5) is 0.